The fourth-order valence-electron chi connectivity index (χ4n) is 1.67. The molecule has 1 atom stereocenters. The average Bonchev–Trinajstić information content (AvgIpc) is 2.92. The molecule has 0 saturated carbocycles. The summed E-state index contributed by atoms with van der Waals surface area (Å²) in [6.45, 7) is 1.77. The molecule has 0 aliphatic heterocycles. The highest BCUT2D eigenvalue weighted by Gasteiger charge is 2.12. The zero-order chi connectivity index (χ0) is 13.8. The van der Waals surface area contributed by atoms with Crippen molar-refractivity contribution in [1.82, 2.24) is 14.9 Å². The molecule has 5 nitrogen and oxygen atoms in total. The van der Waals surface area contributed by atoms with Gasteiger partial charge in [0.1, 0.15) is 6.33 Å². The lowest BCUT2D eigenvalue weighted by molar-refractivity contribution is 0.239. The third-order valence-corrected chi connectivity index (χ3v) is 2.75. The number of amides is 1. The van der Waals surface area contributed by atoms with Crippen molar-refractivity contribution in [3.05, 3.63) is 48.3 Å². The molecule has 0 saturated heterocycles. The highest BCUT2D eigenvalue weighted by molar-refractivity contribution is 5.76. The number of hydrogen-bond acceptors (Lipinski definition) is 3. The first-order valence-electron chi connectivity index (χ1n) is 5.74. The molecule has 100 valence electrons. The Morgan fingerprint density at radius 3 is 2.89 bits per heavy atom. The van der Waals surface area contributed by atoms with Crippen LogP contribution in [-0.2, 0) is 0 Å². The van der Waals surface area contributed by atoms with Crippen LogP contribution in [-0.4, -0.2) is 22.7 Å². The number of nitrogens with zero attached hydrogens (tertiary/aromatic N) is 2. The van der Waals surface area contributed by atoms with Gasteiger partial charge >= 0.3 is 6.03 Å². The maximum atomic E-state index is 13.6. The molecule has 1 N–H and O–H groups in total. The third kappa shape index (κ3) is 2.90. The molecule has 0 bridgehead atoms. The minimum absolute atomic E-state index is 0.178. The number of carbonyl (C=O) groups excluding carboxylic acids is 1. The molecule has 1 unspecified atom stereocenters. The van der Waals surface area contributed by atoms with E-state index >= 15 is 0 Å². The summed E-state index contributed by atoms with van der Waals surface area (Å²) in [5.74, 6) is -0.277. The van der Waals surface area contributed by atoms with Gasteiger partial charge in [0, 0.05) is 12.4 Å². The van der Waals surface area contributed by atoms with E-state index in [9.17, 15) is 9.18 Å². The van der Waals surface area contributed by atoms with E-state index in [0.29, 0.717) is 5.56 Å². The monoisotopic (exact) mass is 263 g/mol. The summed E-state index contributed by atoms with van der Waals surface area (Å²) in [6.07, 6.45) is 4.45. The molecule has 0 radical (unpaired) electrons. The van der Waals surface area contributed by atoms with E-state index < -0.39 is 5.82 Å². The van der Waals surface area contributed by atoms with Crippen LogP contribution in [0.4, 0.5) is 9.18 Å². The molecule has 1 aromatic carbocycles. The zero-order valence-electron chi connectivity index (χ0n) is 10.6. The van der Waals surface area contributed by atoms with Crippen molar-refractivity contribution >= 4 is 6.03 Å². The van der Waals surface area contributed by atoms with Crippen molar-refractivity contribution in [1.29, 1.82) is 0 Å². The van der Waals surface area contributed by atoms with E-state index in [2.05, 4.69) is 10.3 Å². The van der Waals surface area contributed by atoms with E-state index in [4.69, 9.17) is 4.74 Å². The number of ether oxygens (including phenoxy) is 1. The van der Waals surface area contributed by atoms with Gasteiger partial charge in [0.15, 0.2) is 11.6 Å². The van der Waals surface area contributed by atoms with Gasteiger partial charge in [-0.25, -0.2) is 14.2 Å². The summed E-state index contributed by atoms with van der Waals surface area (Å²) in [4.78, 5) is 15.6. The number of halogens is 1. The maximum absolute atomic E-state index is 13.6. The van der Waals surface area contributed by atoms with Crippen LogP contribution in [0.3, 0.4) is 0 Å². The van der Waals surface area contributed by atoms with Gasteiger partial charge in [0.2, 0.25) is 0 Å². The van der Waals surface area contributed by atoms with Gasteiger partial charge in [-0.15, -0.1) is 0 Å². The lowest BCUT2D eigenvalue weighted by Gasteiger charge is -2.15. The Bertz CT molecular complexity index is 569. The molecule has 2 rings (SSSR count). The maximum Gasteiger partial charge on any atom is 0.327 e. The zero-order valence-corrected chi connectivity index (χ0v) is 10.6. The lowest BCUT2D eigenvalue weighted by Crippen LogP contribution is -2.30. The Hall–Kier alpha value is -2.37. The van der Waals surface area contributed by atoms with Crippen LogP contribution < -0.4 is 10.1 Å². The first-order valence-corrected chi connectivity index (χ1v) is 5.74. The molecule has 0 aliphatic carbocycles. The Balaban J connectivity index is 2.09. The average molecular weight is 263 g/mol. The predicted molar refractivity (Wildman–Crippen MR) is 67.5 cm³/mol. The summed E-state index contributed by atoms with van der Waals surface area (Å²) in [7, 11) is 1.41. The standard InChI is InChI=1S/C13H14FN3O2/c1-9(16-13(18)17-6-5-15-8-17)10-3-4-12(19-2)11(14)7-10/h3-9H,1-2H3,(H,16,18). The second kappa shape index (κ2) is 5.51. The minimum Gasteiger partial charge on any atom is -0.494 e. The number of carbonyl (C=O) groups is 1. The van der Waals surface area contributed by atoms with Gasteiger partial charge in [-0.3, -0.25) is 4.57 Å². The molecule has 1 amide bonds. The summed E-state index contributed by atoms with van der Waals surface area (Å²) in [5, 5.41) is 2.74. The van der Waals surface area contributed by atoms with Crippen molar-refractivity contribution < 1.29 is 13.9 Å². The second-order valence-corrected chi connectivity index (χ2v) is 4.04. The first kappa shape index (κ1) is 13.1. The smallest absolute Gasteiger partial charge is 0.327 e. The van der Waals surface area contributed by atoms with Crippen LogP contribution in [0.1, 0.15) is 18.5 Å². The summed E-state index contributed by atoms with van der Waals surface area (Å²) in [5.41, 5.74) is 0.659. The molecule has 0 fully saturated rings. The number of benzene rings is 1. The fraction of sp³-hybridized carbons (Fsp3) is 0.231. The Morgan fingerprint density at radius 2 is 2.32 bits per heavy atom. The van der Waals surface area contributed by atoms with Crippen molar-refractivity contribution in [2.75, 3.05) is 7.11 Å². The number of methoxy groups -OCH3 is 1. The largest absolute Gasteiger partial charge is 0.494 e. The van der Waals surface area contributed by atoms with E-state index in [-0.39, 0.29) is 17.8 Å². The highest BCUT2D eigenvalue weighted by atomic mass is 19.1. The van der Waals surface area contributed by atoms with Crippen molar-refractivity contribution in [2.45, 2.75) is 13.0 Å². The topological polar surface area (TPSA) is 56.1 Å². The van der Waals surface area contributed by atoms with Gasteiger partial charge < -0.3 is 10.1 Å². The molecule has 6 heteroatoms. The number of aromatic nitrogens is 2. The Morgan fingerprint density at radius 1 is 1.53 bits per heavy atom. The first-order chi connectivity index (χ1) is 9.11. The van der Waals surface area contributed by atoms with Crippen molar-refractivity contribution in [2.24, 2.45) is 0 Å². The molecule has 1 aromatic heterocycles. The van der Waals surface area contributed by atoms with Gasteiger partial charge in [0.25, 0.3) is 0 Å². The number of imidazole rings is 1. The van der Waals surface area contributed by atoms with Crippen LogP contribution in [0.5, 0.6) is 5.75 Å². The third-order valence-electron chi connectivity index (χ3n) is 2.75. The molecular weight excluding hydrogens is 249 g/mol. The van der Waals surface area contributed by atoms with Crippen molar-refractivity contribution in [3.63, 3.8) is 0 Å². The van der Waals surface area contributed by atoms with Crippen LogP contribution in [0, 0.1) is 5.82 Å². The van der Waals surface area contributed by atoms with E-state index in [1.54, 1.807) is 13.0 Å². The summed E-state index contributed by atoms with van der Waals surface area (Å²) >= 11 is 0. The van der Waals surface area contributed by atoms with E-state index in [1.807, 2.05) is 0 Å². The van der Waals surface area contributed by atoms with Gasteiger partial charge in [-0.1, -0.05) is 6.07 Å². The van der Waals surface area contributed by atoms with E-state index in [0.717, 1.165) is 0 Å². The Labute approximate surface area is 110 Å². The molecular formula is C13H14FN3O2. The minimum atomic E-state index is -0.455. The van der Waals surface area contributed by atoms with Gasteiger partial charge in [-0.05, 0) is 24.6 Å². The quantitative estimate of drug-likeness (QED) is 0.924. The SMILES string of the molecule is COc1ccc(C(C)NC(=O)n2ccnc2)cc1F. The van der Waals surface area contributed by atoms with E-state index in [1.165, 1.54) is 42.5 Å². The molecule has 19 heavy (non-hydrogen) atoms. The number of rotatable bonds is 3. The van der Waals surface area contributed by atoms with Crippen LogP contribution in [0.2, 0.25) is 0 Å². The number of hydrogen-bond donors (Lipinski definition) is 1. The number of nitrogens with one attached hydrogen (secondary N) is 1. The molecule has 1 heterocycles. The Kier molecular flexibility index (Phi) is 3.79. The lowest BCUT2D eigenvalue weighted by atomic mass is 10.1. The van der Waals surface area contributed by atoms with Crippen LogP contribution in [0.15, 0.2) is 36.9 Å². The van der Waals surface area contributed by atoms with Gasteiger partial charge in [0.05, 0.1) is 13.2 Å². The molecule has 0 aliphatic rings. The predicted octanol–water partition coefficient (Wildman–Crippen LogP) is 2.35. The summed E-state index contributed by atoms with van der Waals surface area (Å²) in [6, 6.07) is 3.94. The molecule has 2 aromatic rings. The van der Waals surface area contributed by atoms with Crippen LogP contribution in [0.25, 0.3) is 0 Å². The van der Waals surface area contributed by atoms with Crippen LogP contribution >= 0.6 is 0 Å². The summed E-state index contributed by atoms with van der Waals surface area (Å²) < 4.78 is 19.7. The molecule has 0 spiro atoms. The fourth-order valence-corrected chi connectivity index (χ4v) is 1.67. The second-order valence-electron chi connectivity index (χ2n) is 4.04. The highest BCUT2D eigenvalue weighted by Crippen LogP contribution is 2.21. The van der Waals surface area contributed by atoms with Gasteiger partial charge in [-0.2, -0.15) is 0 Å². The normalized spacial score (nSPS) is 11.9. The van der Waals surface area contributed by atoms with Crippen molar-refractivity contribution in [3.8, 4) is 5.75 Å².